The second-order valence-electron chi connectivity index (χ2n) is 7.74. The van der Waals surface area contributed by atoms with Crippen molar-refractivity contribution < 1.29 is 31.1 Å². The molecule has 1 saturated heterocycles. The van der Waals surface area contributed by atoms with Crippen molar-refractivity contribution in [3.05, 3.63) is 35.4 Å². The highest BCUT2D eigenvalue weighted by Gasteiger charge is 2.36. The first-order chi connectivity index (χ1) is 13.0. The molecule has 2 nitrogen and oxygen atoms in total. The number of benzene rings is 1. The second kappa shape index (κ2) is 9.48. The lowest BCUT2D eigenvalue weighted by Gasteiger charge is -2.40. The number of hydrogen-bond donors (Lipinski definition) is 0. The van der Waals surface area contributed by atoms with Gasteiger partial charge in [-0.25, -0.2) is 0 Å². The van der Waals surface area contributed by atoms with E-state index in [1.807, 2.05) is 13.8 Å². The van der Waals surface area contributed by atoms with E-state index >= 15 is 0 Å². The fraction of sp³-hybridized carbons (Fsp3) is 0.700. The van der Waals surface area contributed by atoms with Gasteiger partial charge >= 0.3 is 12.4 Å². The van der Waals surface area contributed by atoms with Crippen LogP contribution in [0.25, 0.3) is 0 Å². The summed E-state index contributed by atoms with van der Waals surface area (Å²) in [6.07, 6.45) is -8.27. The molecule has 28 heavy (non-hydrogen) atoms. The molecule has 0 radical (unpaired) electrons. The molecule has 2 rings (SSSR count). The Morgan fingerprint density at radius 1 is 1.04 bits per heavy atom. The summed E-state index contributed by atoms with van der Waals surface area (Å²) in [6.45, 7) is 5.10. The van der Waals surface area contributed by atoms with Gasteiger partial charge < -0.3 is 4.74 Å². The number of rotatable bonds is 7. The molecule has 160 valence electrons. The molecular formula is C20H27F6NO. The van der Waals surface area contributed by atoms with Gasteiger partial charge in [-0.2, -0.15) is 26.3 Å². The third kappa shape index (κ3) is 6.95. The molecule has 8 heteroatoms. The maximum atomic E-state index is 12.8. The Morgan fingerprint density at radius 3 is 2.21 bits per heavy atom. The largest absolute Gasteiger partial charge is 0.416 e. The first-order valence-corrected chi connectivity index (χ1v) is 9.53. The van der Waals surface area contributed by atoms with Crippen LogP contribution in [0, 0.1) is 5.92 Å². The van der Waals surface area contributed by atoms with Crippen molar-refractivity contribution in [3.63, 3.8) is 0 Å². The molecule has 1 aromatic rings. The van der Waals surface area contributed by atoms with Crippen molar-refractivity contribution in [3.8, 4) is 0 Å². The third-order valence-corrected chi connectivity index (χ3v) is 5.14. The highest BCUT2D eigenvalue weighted by molar-refractivity contribution is 5.28. The number of alkyl halides is 6. The standard InChI is InChI=1S/C20H27F6NO/c1-14(2)7-10-27(11-9-19(21,22)23)18-13-28-12-8-17(18)15-3-5-16(6-4-15)20(24,25)26/h3-6,14,17-18H,7-13H2,1-2H3. The van der Waals surface area contributed by atoms with Gasteiger partial charge in [-0.3, -0.25) is 4.90 Å². The summed E-state index contributed by atoms with van der Waals surface area (Å²) >= 11 is 0. The molecule has 1 fully saturated rings. The second-order valence-corrected chi connectivity index (χ2v) is 7.74. The van der Waals surface area contributed by atoms with Crippen molar-refractivity contribution in [1.29, 1.82) is 0 Å². The van der Waals surface area contributed by atoms with E-state index in [9.17, 15) is 26.3 Å². The Morgan fingerprint density at radius 2 is 1.68 bits per heavy atom. The molecular weight excluding hydrogens is 384 g/mol. The zero-order chi connectivity index (χ0) is 20.9. The number of hydrogen-bond acceptors (Lipinski definition) is 2. The third-order valence-electron chi connectivity index (χ3n) is 5.14. The molecule has 0 saturated carbocycles. The molecule has 0 aliphatic carbocycles. The highest BCUT2D eigenvalue weighted by atomic mass is 19.4. The Bertz CT molecular complexity index is 596. The number of ether oxygens (including phenoxy) is 1. The van der Waals surface area contributed by atoms with Crippen molar-refractivity contribution in [1.82, 2.24) is 4.90 Å². The molecule has 0 spiro atoms. The zero-order valence-electron chi connectivity index (χ0n) is 16.1. The predicted octanol–water partition coefficient (Wildman–Crippen LogP) is 5.88. The van der Waals surface area contributed by atoms with Crippen LogP contribution in [-0.4, -0.2) is 43.4 Å². The fourth-order valence-corrected chi connectivity index (χ4v) is 3.53. The summed E-state index contributed by atoms with van der Waals surface area (Å²) in [5.74, 6) is 0.179. The summed E-state index contributed by atoms with van der Waals surface area (Å²) < 4.78 is 82.4. The summed E-state index contributed by atoms with van der Waals surface area (Å²) in [4.78, 5) is 1.80. The van der Waals surface area contributed by atoms with Crippen LogP contribution in [0.4, 0.5) is 26.3 Å². The van der Waals surface area contributed by atoms with Gasteiger partial charge in [0.1, 0.15) is 0 Å². The lowest BCUT2D eigenvalue weighted by Crippen LogP contribution is -2.47. The topological polar surface area (TPSA) is 12.5 Å². The molecule has 1 aliphatic rings. The summed E-state index contributed by atoms with van der Waals surface area (Å²) in [7, 11) is 0. The van der Waals surface area contributed by atoms with Gasteiger partial charge in [-0.05, 0) is 43.0 Å². The van der Waals surface area contributed by atoms with Crippen LogP contribution in [0.1, 0.15) is 50.2 Å². The normalized spacial score (nSPS) is 21.5. The van der Waals surface area contributed by atoms with Gasteiger partial charge in [-0.1, -0.05) is 26.0 Å². The maximum Gasteiger partial charge on any atom is 0.416 e. The van der Waals surface area contributed by atoms with Crippen molar-refractivity contribution in [2.45, 2.75) is 57.4 Å². The molecule has 1 heterocycles. The molecule has 0 aromatic heterocycles. The monoisotopic (exact) mass is 411 g/mol. The van der Waals surface area contributed by atoms with E-state index in [4.69, 9.17) is 4.74 Å². The van der Waals surface area contributed by atoms with Crippen LogP contribution >= 0.6 is 0 Å². The van der Waals surface area contributed by atoms with Crippen molar-refractivity contribution in [2.75, 3.05) is 26.3 Å². The molecule has 2 atom stereocenters. The van der Waals surface area contributed by atoms with Gasteiger partial charge in [0.15, 0.2) is 0 Å². The Kier molecular flexibility index (Phi) is 7.79. The van der Waals surface area contributed by atoms with Crippen LogP contribution < -0.4 is 0 Å². The van der Waals surface area contributed by atoms with Gasteiger partial charge in [-0.15, -0.1) is 0 Å². The summed E-state index contributed by atoms with van der Waals surface area (Å²) in [5, 5.41) is 0. The Balaban J connectivity index is 2.20. The van der Waals surface area contributed by atoms with Crippen LogP contribution in [0.3, 0.4) is 0 Å². The highest BCUT2D eigenvalue weighted by Crippen LogP contribution is 2.35. The van der Waals surface area contributed by atoms with E-state index in [-0.39, 0.29) is 25.1 Å². The Labute approximate surface area is 161 Å². The van der Waals surface area contributed by atoms with E-state index < -0.39 is 24.3 Å². The SMILES string of the molecule is CC(C)CCN(CCC(F)(F)F)C1COCCC1c1ccc(C(F)(F)F)cc1. The van der Waals surface area contributed by atoms with Crippen molar-refractivity contribution >= 4 is 0 Å². The Hall–Kier alpha value is -1.28. The fourth-order valence-electron chi connectivity index (χ4n) is 3.53. The first kappa shape index (κ1) is 23.0. The van der Waals surface area contributed by atoms with E-state index in [1.54, 1.807) is 4.90 Å². The molecule has 0 N–H and O–H groups in total. The minimum atomic E-state index is -4.41. The minimum Gasteiger partial charge on any atom is -0.380 e. The molecule has 1 aromatic carbocycles. The van der Waals surface area contributed by atoms with Crippen molar-refractivity contribution in [2.24, 2.45) is 5.92 Å². The molecule has 0 amide bonds. The van der Waals surface area contributed by atoms with Gasteiger partial charge in [0.2, 0.25) is 0 Å². The van der Waals surface area contributed by atoms with Gasteiger partial charge in [0, 0.05) is 25.1 Å². The molecule has 1 aliphatic heterocycles. The first-order valence-electron chi connectivity index (χ1n) is 9.53. The number of halogens is 6. The summed E-state index contributed by atoms with van der Waals surface area (Å²) in [6, 6.07) is 4.67. The van der Waals surface area contributed by atoms with Gasteiger partial charge in [0.25, 0.3) is 0 Å². The minimum absolute atomic E-state index is 0.138. The van der Waals surface area contributed by atoms with Crippen LogP contribution in [0.2, 0.25) is 0 Å². The van der Waals surface area contributed by atoms with Crippen LogP contribution in [0.5, 0.6) is 0 Å². The lowest BCUT2D eigenvalue weighted by atomic mass is 9.86. The smallest absolute Gasteiger partial charge is 0.380 e. The van der Waals surface area contributed by atoms with E-state index in [0.717, 1.165) is 18.6 Å². The predicted molar refractivity (Wildman–Crippen MR) is 95.1 cm³/mol. The molecule has 2 unspecified atom stereocenters. The molecule has 0 bridgehead atoms. The maximum absolute atomic E-state index is 12.8. The van der Waals surface area contributed by atoms with E-state index in [0.29, 0.717) is 31.1 Å². The van der Waals surface area contributed by atoms with Gasteiger partial charge in [0.05, 0.1) is 18.6 Å². The lowest BCUT2D eigenvalue weighted by molar-refractivity contribution is -0.141. The van der Waals surface area contributed by atoms with E-state index in [1.165, 1.54) is 12.1 Å². The van der Waals surface area contributed by atoms with Crippen LogP contribution in [-0.2, 0) is 10.9 Å². The number of nitrogens with zero attached hydrogens (tertiary/aromatic N) is 1. The summed E-state index contributed by atoms with van der Waals surface area (Å²) in [5.41, 5.74) is -0.0172. The van der Waals surface area contributed by atoms with E-state index in [2.05, 4.69) is 0 Å². The average molecular weight is 411 g/mol. The quantitative estimate of drug-likeness (QED) is 0.520. The van der Waals surface area contributed by atoms with Crippen LogP contribution in [0.15, 0.2) is 24.3 Å². The zero-order valence-corrected chi connectivity index (χ0v) is 16.1. The average Bonchev–Trinajstić information content (AvgIpc) is 2.60.